The van der Waals surface area contributed by atoms with Crippen molar-refractivity contribution in [2.45, 2.75) is 12.5 Å². The molecule has 2 rings (SSSR count). The second kappa shape index (κ2) is 6.78. The van der Waals surface area contributed by atoms with Gasteiger partial charge >= 0.3 is 10.4 Å². The molecule has 0 bridgehead atoms. The van der Waals surface area contributed by atoms with E-state index in [1.807, 2.05) is 0 Å². The zero-order valence-corrected chi connectivity index (χ0v) is 12.6. The molecule has 7 nitrogen and oxygen atoms in total. The third-order valence-corrected chi connectivity index (χ3v) is 3.54. The minimum absolute atomic E-state index is 0.176. The van der Waals surface area contributed by atoms with Crippen molar-refractivity contribution < 1.29 is 32.2 Å². The van der Waals surface area contributed by atoms with Crippen LogP contribution in [0, 0.1) is 0 Å². The van der Waals surface area contributed by atoms with E-state index in [1.54, 1.807) is 18.2 Å². The van der Waals surface area contributed by atoms with E-state index in [2.05, 4.69) is 4.18 Å². The quantitative estimate of drug-likeness (QED) is 0.419. The van der Waals surface area contributed by atoms with Crippen molar-refractivity contribution >= 4 is 16.2 Å². The highest BCUT2D eigenvalue weighted by Crippen LogP contribution is 2.29. The van der Waals surface area contributed by atoms with Gasteiger partial charge in [-0.25, -0.2) is 4.18 Å². The minimum Gasteiger partial charge on any atom is -0.508 e. The molecule has 0 radical (unpaired) electrons. The van der Waals surface area contributed by atoms with E-state index < -0.39 is 28.7 Å². The number of benzene rings is 2. The van der Waals surface area contributed by atoms with Crippen molar-refractivity contribution in [2.24, 2.45) is 0 Å². The summed E-state index contributed by atoms with van der Waals surface area (Å²) in [5.74, 6) is -1.24. The molecule has 1 atom stereocenters. The van der Waals surface area contributed by atoms with Crippen molar-refractivity contribution in [3.05, 3.63) is 59.7 Å². The SMILES string of the molecule is O=C(CC(OS(=O)(=O)O)c1ccccc1)c1cc(O)ccc1O. The molecule has 8 heteroatoms. The zero-order valence-electron chi connectivity index (χ0n) is 11.8. The lowest BCUT2D eigenvalue weighted by atomic mass is 9.99. The molecule has 0 saturated heterocycles. The molecule has 122 valence electrons. The topological polar surface area (TPSA) is 121 Å². The molecule has 0 heterocycles. The van der Waals surface area contributed by atoms with Crippen LogP contribution in [0.5, 0.6) is 11.5 Å². The Morgan fingerprint density at radius 3 is 2.35 bits per heavy atom. The van der Waals surface area contributed by atoms with Crippen LogP contribution in [0.4, 0.5) is 0 Å². The Labute approximate surface area is 132 Å². The number of hydrogen-bond acceptors (Lipinski definition) is 6. The van der Waals surface area contributed by atoms with Gasteiger partial charge in [-0.2, -0.15) is 8.42 Å². The van der Waals surface area contributed by atoms with Crippen LogP contribution < -0.4 is 0 Å². The highest BCUT2D eigenvalue weighted by atomic mass is 32.3. The first-order chi connectivity index (χ1) is 10.8. The molecule has 0 spiro atoms. The van der Waals surface area contributed by atoms with Crippen molar-refractivity contribution in [3.63, 3.8) is 0 Å². The summed E-state index contributed by atoms with van der Waals surface area (Å²) in [4.78, 5) is 12.3. The lowest BCUT2D eigenvalue weighted by Crippen LogP contribution is -2.15. The van der Waals surface area contributed by atoms with Gasteiger partial charge in [-0.1, -0.05) is 30.3 Å². The number of ketones is 1. The maximum atomic E-state index is 12.3. The van der Waals surface area contributed by atoms with Crippen LogP contribution in [0.1, 0.15) is 28.4 Å². The molecule has 0 aliphatic carbocycles. The molecular weight excluding hydrogens is 324 g/mol. The maximum Gasteiger partial charge on any atom is 0.397 e. The van der Waals surface area contributed by atoms with Crippen LogP contribution in [0.15, 0.2) is 48.5 Å². The number of phenolic OH excluding ortho intramolecular Hbond substituents is 2. The molecular formula is C15H14O7S. The number of hydrogen-bond donors (Lipinski definition) is 3. The molecule has 23 heavy (non-hydrogen) atoms. The van der Waals surface area contributed by atoms with Crippen molar-refractivity contribution in [1.29, 1.82) is 0 Å². The second-order valence-corrected chi connectivity index (χ2v) is 5.80. The summed E-state index contributed by atoms with van der Waals surface area (Å²) in [5.41, 5.74) is 0.183. The van der Waals surface area contributed by atoms with Gasteiger partial charge in [-0.15, -0.1) is 0 Å². The second-order valence-electron chi connectivity index (χ2n) is 4.75. The van der Waals surface area contributed by atoms with Crippen LogP contribution >= 0.6 is 0 Å². The molecule has 0 aliphatic rings. The van der Waals surface area contributed by atoms with E-state index in [4.69, 9.17) is 4.55 Å². The average molecular weight is 338 g/mol. The Morgan fingerprint density at radius 1 is 1.09 bits per heavy atom. The summed E-state index contributed by atoms with van der Waals surface area (Å²) in [5, 5.41) is 19.1. The summed E-state index contributed by atoms with van der Waals surface area (Å²) in [6, 6.07) is 11.4. The Hall–Kier alpha value is -2.42. The fourth-order valence-corrected chi connectivity index (χ4v) is 2.52. The van der Waals surface area contributed by atoms with E-state index in [1.165, 1.54) is 18.2 Å². The Balaban J connectivity index is 2.30. The summed E-state index contributed by atoms with van der Waals surface area (Å²) < 4.78 is 35.4. The van der Waals surface area contributed by atoms with Crippen molar-refractivity contribution in [3.8, 4) is 11.5 Å². The molecule has 0 aliphatic heterocycles. The Kier molecular flexibility index (Phi) is 4.99. The van der Waals surface area contributed by atoms with Gasteiger partial charge in [-0.05, 0) is 23.8 Å². The van der Waals surface area contributed by atoms with E-state index in [-0.39, 0.29) is 17.1 Å². The first kappa shape index (κ1) is 16.9. The zero-order chi connectivity index (χ0) is 17.0. The third-order valence-electron chi connectivity index (χ3n) is 3.06. The van der Waals surface area contributed by atoms with E-state index in [0.717, 1.165) is 12.1 Å². The fraction of sp³-hybridized carbons (Fsp3) is 0.133. The molecule has 2 aromatic carbocycles. The molecule has 2 aromatic rings. The minimum atomic E-state index is -4.78. The number of phenols is 2. The smallest absolute Gasteiger partial charge is 0.397 e. The number of carbonyl (C=O) groups is 1. The van der Waals surface area contributed by atoms with Gasteiger partial charge in [0.1, 0.15) is 17.6 Å². The average Bonchev–Trinajstić information content (AvgIpc) is 2.48. The lowest BCUT2D eigenvalue weighted by molar-refractivity contribution is 0.0898. The van der Waals surface area contributed by atoms with Gasteiger partial charge in [0.25, 0.3) is 0 Å². The summed E-state index contributed by atoms with van der Waals surface area (Å²) in [6.07, 6.45) is -1.72. The predicted octanol–water partition coefficient (Wildman–Crippen LogP) is 2.23. The number of carbonyl (C=O) groups excluding carboxylic acids is 1. The van der Waals surface area contributed by atoms with Crippen molar-refractivity contribution in [2.75, 3.05) is 0 Å². The van der Waals surface area contributed by atoms with Crippen LogP contribution in [-0.2, 0) is 14.6 Å². The van der Waals surface area contributed by atoms with Gasteiger partial charge in [-0.3, -0.25) is 9.35 Å². The largest absolute Gasteiger partial charge is 0.508 e. The summed E-state index contributed by atoms with van der Waals surface area (Å²) >= 11 is 0. The van der Waals surface area contributed by atoms with Crippen molar-refractivity contribution in [1.82, 2.24) is 0 Å². The lowest BCUT2D eigenvalue weighted by Gasteiger charge is -2.15. The third kappa shape index (κ3) is 4.78. The molecule has 0 saturated carbocycles. The van der Waals surface area contributed by atoms with Crippen LogP contribution in [0.2, 0.25) is 0 Å². The van der Waals surface area contributed by atoms with E-state index in [9.17, 15) is 23.4 Å². The highest BCUT2D eigenvalue weighted by molar-refractivity contribution is 7.80. The number of Topliss-reactive ketones (excluding diaryl/α,β-unsaturated/α-hetero) is 1. The maximum absolute atomic E-state index is 12.3. The summed E-state index contributed by atoms with van der Waals surface area (Å²) in [6.45, 7) is 0. The van der Waals surface area contributed by atoms with Gasteiger partial charge in [0, 0.05) is 6.42 Å². The number of aromatic hydroxyl groups is 2. The standard InChI is InChI=1S/C15H14O7S/c16-11-6-7-13(17)12(8-11)14(18)9-15(22-23(19,20)21)10-4-2-1-3-5-10/h1-8,15-17H,9H2,(H,19,20,21). The molecule has 0 fully saturated rings. The molecule has 1 unspecified atom stereocenters. The normalized spacial score (nSPS) is 12.7. The fourth-order valence-electron chi connectivity index (χ4n) is 2.05. The predicted molar refractivity (Wildman–Crippen MR) is 80.5 cm³/mol. The first-order valence-corrected chi connectivity index (χ1v) is 7.88. The molecule has 0 amide bonds. The van der Waals surface area contributed by atoms with Gasteiger partial charge in [0.15, 0.2) is 5.78 Å². The monoisotopic (exact) mass is 338 g/mol. The highest BCUT2D eigenvalue weighted by Gasteiger charge is 2.24. The summed E-state index contributed by atoms with van der Waals surface area (Å²) in [7, 11) is -4.78. The Morgan fingerprint density at radius 2 is 1.74 bits per heavy atom. The van der Waals surface area contributed by atoms with Crippen LogP contribution in [0.25, 0.3) is 0 Å². The number of rotatable bonds is 6. The van der Waals surface area contributed by atoms with Gasteiger partial charge < -0.3 is 10.2 Å². The molecule has 0 aromatic heterocycles. The van der Waals surface area contributed by atoms with E-state index >= 15 is 0 Å². The van der Waals surface area contributed by atoms with Crippen LogP contribution in [0.3, 0.4) is 0 Å². The van der Waals surface area contributed by atoms with Gasteiger partial charge in [0.05, 0.1) is 5.56 Å². The first-order valence-electron chi connectivity index (χ1n) is 6.52. The van der Waals surface area contributed by atoms with Crippen LogP contribution in [-0.4, -0.2) is 29.0 Å². The van der Waals surface area contributed by atoms with E-state index in [0.29, 0.717) is 5.56 Å². The van der Waals surface area contributed by atoms with Gasteiger partial charge in [0.2, 0.25) is 0 Å². The Bertz CT molecular complexity index is 800. The molecule has 3 N–H and O–H groups in total.